The third-order valence-corrected chi connectivity index (χ3v) is 13.7. The number of hydrogen-bond acceptors (Lipinski definition) is 11. The van der Waals surface area contributed by atoms with Crippen molar-refractivity contribution in [3.63, 3.8) is 0 Å². The van der Waals surface area contributed by atoms with E-state index in [4.69, 9.17) is 4.98 Å². The third-order valence-electron chi connectivity index (χ3n) is 12.5. The van der Waals surface area contributed by atoms with Gasteiger partial charge in [-0.25, -0.2) is 9.97 Å². The van der Waals surface area contributed by atoms with Crippen molar-refractivity contribution < 1.29 is 42.3 Å². The summed E-state index contributed by atoms with van der Waals surface area (Å²) in [6, 6.07) is 6.09. The number of pyridine rings is 1. The predicted octanol–water partition coefficient (Wildman–Crippen LogP) is 6.55. The largest absolute Gasteiger partial charge is 0.433 e. The molecule has 2 unspecified atom stereocenters. The van der Waals surface area contributed by atoms with E-state index in [9.17, 15) is 42.3 Å². The lowest BCUT2D eigenvalue weighted by atomic mass is 9.84. The summed E-state index contributed by atoms with van der Waals surface area (Å²) in [6.07, 6.45) is 4.40. The first-order chi connectivity index (χ1) is 28.9. The number of fused-ring (bicyclic) bond motifs is 1. The van der Waals surface area contributed by atoms with Gasteiger partial charge in [0, 0.05) is 47.4 Å². The number of piperidine rings is 2. The van der Waals surface area contributed by atoms with E-state index in [1.165, 1.54) is 17.4 Å². The van der Waals surface area contributed by atoms with Crippen molar-refractivity contribution in [3.8, 4) is 0 Å². The molecule has 0 spiro atoms. The van der Waals surface area contributed by atoms with Crippen molar-refractivity contribution in [3.05, 3.63) is 76.2 Å². The van der Waals surface area contributed by atoms with Crippen LogP contribution in [0.5, 0.6) is 0 Å². The number of rotatable bonds is 12. The summed E-state index contributed by atoms with van der Waals surface area (Å²) in [4.78, 5) is 76.4. The smallest absolute Gasteiger partial charge is 0.388 e. The highest BCUT2D eigenvalue weighted by Gasteiger charge is 2.49. The zero-order valence-corrected chi connectivity index (χ0v) is 35.4. The number of hydrogen-bond donors (Lipinski definition) is 4. The molecule has 3 aliphatic heterocycles. The molecule has 2 atom stereocenters. The fraction of sp³-hybridized carbons (Fsp3) is 0.523. The van der Waals surface area contributed by atoms with Gasteiger partial charge < -0.3 is 20.6 Å². The number of benzene rings is 1. The summed E-state index contributed by atoms with van der Waals surface area (Å²) in [6.45, 7) is 11.4. The Bertz CT molecular complexity index is 2250. The Morgan fingerprint density at radius 3 is 2.41 bits per heavy atom. The summed E-state index contributed by atoms with van der Waals surface area (Å²) >= 11 is 1.53. The van der Waals surface area contributed by atoms with Gasteiger partial charge in [-0.2, -0.15) is 13.2 Å². The Hall–Kier alpha value is -5.00. The highest BCUT2D eigenvalue weighted by atomic mass is 32.1. The number of alkyl halides is 3. The van der Waals surface area contributed by atoms with Crippen LogP contribution in [0.15, 0.2) is 54.3 Å². The fourth-order valence-corrected chi connectivity index (χ4v) is 10.4. The number of halogens is 3. The van der Waals surface area contributed by atoms with Crippen LogP contribution in [0.1, 0.15) is 118 Å². The number of nitrogens with one attached hydrogen (secondary N) is 3. The van der Waals surface area contributed by atoms with Gasteiger partial charge in [0.15, 0.2) is 0 Å². The second kappa shape index (κ2) is 17.8. The number of aliphatic hydroxyl groups is 1. The minimum atomic E-state index is -4.70. The van der Waals surface area contributed by atoms with Crippen molar-refractivity contribution in [2.24, 2.45) is 11.8 Å². The molecule has 13 nitrogen and oxygen atoms in total. The summed E-state index contributed by atoms with van der Waals surface area (Å²) < 4.78 is 40.6. The molecule has 0 bridgehead atoms. The molecule has 17 heteroatoms. The van der Waals surface area contributed by atoms with Crippen LogP contribution in [0, 0.1) is 11.8 Å². The number of carbonyl (C=O) groups is 5. The molecule has 5 amide bonds. The van der Waals surface area contributed by atoms with Gasteiger partial charge >= 0.3 is 6.18 Å². The number of imide groups is 2. The first-order valence-corrected chi connectivity index (χ1v) is 21.8. The van der Waals surface area contributed by atoms with E-state index in [-0.39, 0.29) is 36.6 Å². The van der Waals surface area contributed by atoms with Gasteiger partial charge in [0.1, 0.15) is 17.4 Å². The maximum atomic E-state index is 13.6. The van der Waals surface area contributed by atoms with Gasteiger partial charge in [-0.1, -0.05) is 12.1 Å². The highest BCUT2D eigenvalue weighted by molar-refractivity contribution is 7.18. The molecule has 3 saturated heterocycles. The van der Waals surface area contributed by atoms with Gasteiger partial charge in [-0.15, -0.1) is 17.9 Å². The second-order valence-corrected chi connectivity index (χ2v) is 18.2. The van der Waals surface area contributed by atoms with E-state index >= 15 is 0 Å². The maximum Gasteiger partial charge on any atom is 0.433 e. The number of anilines is 1. The van der Waals surface area contributed by atoms with Gasteiger partial charge in [0.25, 0.3) is 11.8 Å². The van der Waals surface area contributed by atoms with Crippen LogP contribution >= 0.6 is 11.3 Å². The minimum Gasteiger partial charge on any atom is -0.388 e. The molecule has 2 aromatic heterocycles. The molecule has 1 aromatic carbocycles. The first-order valence-electron chi connectivity index (χ1n) is 21.0. The van der Waals surface area contributed by atoms with Gasteiger partial charge in [0.2, 0.25) is 17.7 Å². The minimum absolute atomic E-state index is 0.0682. The van der Waals surface area contributed by atoms with Crippen LogP contribution in [-0.4, -0.2) is 86.1 Å². The molecular weight excluding hydrogens is 812 g/mol. The molecular formula is C44H52F3N7O6S. The van der Waals surface area contributed by atoms with E-state index in [1.54, 1.807) is 39.0 Å². The Morgan fingerprint density at radius 2 is 1.75 bits per heavy atom. The van der Waals surface area contributed by atoms with E-state index < -0.39 is 59.0 Å². The summed E-state index contributed by atoms with van der Waals surface area (Å²) in [5.74, 6) is -2.74. The lowest BCUT2D eigenvalue weighted by Gasteiger charge is -2.40. The van der Waals surface area contributed by atoms with Crippen LogP contribution in [0.2, 0.25) is 0 Å². The quantitative estimate of drug-likeness (QED) is 0.0889. The number of carbonyl (C=O) groups excluding carboxylic acids is 5. The molecule has 3 aromatic rings. The van der Waals surface area contributed by atoms with Crippen LogP contribution in [0.3, 0.4) is 0 Å². The van der Waals surface area contributed by atoms with E-state index in [2.05, 4.69) is 32.4 Å². The predicted molar refractivity (Wildman–Crippen MR) is 223 cm³/mol. The molecule has 1 aliphatic carbocycles. The topological polar surface area (TPSA) is 174 Å². The van der Waals surface area contributed by atoms with E-state index in [1.807, 2.05) is 0 Å². The number of nitrogens with zero attached hydrogens (tertiary/aromatic N) is 4. The molecule has 0 radical (unpaired) electrons. The molecule has 326 valence electrons. The molecule has 5 heterocycles. The van der Waals surface area contributed by atoms with E-state index in [0.717, 1.165) is 84.8 Å². The number of thiazole rings is 1. The van der Waals surface area contributed by atoms with Crippen LogP contribution in [-0.2, 0) is 31.0 Å². The second-order valence-electron chi connectivity index (χ2n) is 17.1. The summed E-state index contributed by atoms with van der Waals surface area (Å²) in [5.41, 5.74) is -0.593. The van der Waals surface area contributed by atoms with Crippen molar-refractivity contribution in [1.29, 1.82) is 0 Å². The van der Waals surface area contributed by atoms with Crippen molar-refractivity contribution in [1.82, 2.24) is 30.4 Å². The number of amides is 5. The van der Waals surface area contributed by atoms with Crippen LogP contribution < -0.4 is 16.0 Å². The van der Waals surface area contributed by atoms with Crippen LogP contribution in [0.4, 0.5) is 18.9 Å². The average Bonchev–Trinajstić information content (AvgIpc) is 3.74. The Kier molecular flexibility index (Phi) is 12.8. The zero-order chi connectivity index (χ0) is 43.8. The first kappa shape index (κ1) is 44.1. The molecule has 7 rings (SSSR count). The van der Waals surface area contributed by atoms with E-state index in [0.29, 0.717) is 40.9 Å². The summed E-state index contributed by atoms with van der Waals surface area (Å²) in [7, 11) is 0. The van der Waals surface area contributed by atoms with Crippen LogP contribution in [0.25, 0.3) is 10.2 Å². The number of allylic oxidation sites excluding steroid dienone is 2. The lowest BCUT2D eigenvalue weighted by molar-refractivity contribution is -0.150. The Labute approximate surface area is 356 Å². The number of likely N-dealkylation sites (tertiary alicyclic amines) is 2. The van der Waals surface area contributed by atoms with Gasteiger partial charge in [0.05, 0.1) is 26.7 Å². The average molecular weight is 864 g/mol. The van der Waals surface area contributed by atoms with Crippen molar-refractivity contribution in [2.75, 3.05) is 25.0 Å². The molecule has 4 N–H and O–H groups in total. The van der Waals surface area contributed by atoms with Crippen molar-refractivity contribution >= 4 is 56.8 Å². The highest BCUT2D eigenvalue weighted by Crippen LogP contribution is 2.42. The third kappa shape index (κ3) is 9.58. The summed E-state index contributed by atoms with van der Waals surface area (Å²) in [5, 5.41) is 20.3. The SMILES string of the molecule is C=CCC1C(=O)N(C2CCC(=O)NC2=O)C(=O)/C1=C(/C)NCCC1CCN([C@H]2CC[C@H](c3nc4cc(C(C)(C)O)c(NC(=O)c5cccc(C(F)(F)F)n5)cc4s3)CC2)CC1. The molecule has 4 aliphatic rings. The lowest BCUT2D eigenvalue weighted by Crippen LogP contribution is -2.54. The molecule has 1 saturated carbocycles. The Balaban J connectivity index is 0.913. The van der Waals surface area contributed by atoms with Crippen molar-refractivity contribution in [2.45, 2.75) is 115 Å². The molecule has 61 heavy (non-hydrogen) atoms. The van der Waals surface area contributed by atoms with Gasteiger partial charge in [-0.3, -0.25) is 34.2 Å². The zero-order valence-electron chi connectivity index (χ0n) is 34.6. The Morgan fingerprint density at radius 1 is 1.03 bits per heavy atom. The molecule has 4 fully saturated rings. The normalized spacial score (nSPS) is 24.3. The number of aromatic nitrogens is 2. The maximum absolute atomic E-state index is 13.6. The fourth-order valence-electron chi connectivity index (χ4n) is 9.24. The standard InChI is InChI=1S/C44H52F3N7O6S/c1-5-7-28-37(42(59)54(41(28)58)33-14-15-36(55)52-39(33)57)24(2)48-19-16-25-17-20-53(21-18-25)27-12-10-26(11-13-27)40-51-32-22-29(43(3,4)60)31(23-34(32)61-40)50-38(56)30-8-6-9-35(49-30)44(45,46)47/h5-6,8-9,22-23,25-28,33,48,60H,1,7,10-21H2,2-4H3,(H,50,56)(H,52,55,57)/b37-24-/t26-,27-,28?,33?. The monoisotopic (exact) mass is 863 g/mol. The van der Waals surface area contributed by atoms with Gasteiger partial charge in [-0.05, 0) is 122 Å².